The number of ether oxygens (including phenoxy) is 4. The number of nitrogen functional groups attached to an aromatic ring is 2. The molecule has 8 heterocycles. The minimum atomic E-state index is -4.52. The number of hydrogen-bond acceptors (Lipinski definition) is 21. The highest BCUT2D eigenvalue weighted by molar-refractivity contribution is 7.49. The van der Waals surface area contributed by atoms with Crippen LogP contribution in [0.2, 0.25) is 0 Å². The molecule has 10 atom stereocenters. The molecule has 3 unspecified atom stereocenters. The number of hydrogen-bond donors (Lipinski definition) is 3. The van der Waals surface area contributed by atoms with Crippen molar-refractivity contribution in [2.75, 3.05) is 54.8 Å². The maximum Gasteiger partial charge on any atom is 0.530 e. The van der Waals surface area contributed by atoms with Gasteiger partial charge in [0.1, 0.15) is 41.6 Å². The topological polar surface area (TPSA) is 263 Å². The molecular weight excluding hydrogens is 816 g/mol. The van der Waals surface area contributed by atoms with Crippen molar-refractivity contribution in [3.63, 3.8) is 0 Å². The standard InChI is InChI=1S/C32H38F2N10O12P2/c1-5-47-25-19-23(39-29(35)41-25)43(13-37-19)27-31(3,33)21-17(51-27)11-49-57(45,55-21)53-15-8-7-9-16(10-15)54-58(46)50-12-18-22(56-58)32(4,34)28(52-18)44-14-38-20-24(44)40-30(36)42-26(20)48-6-2/h7-10,13,17-18,21-22,27-28,38H,5-6,11-12,14H2,1-4H3,(H2,35,39,41)(H2,36,40,42)/t17?,18-,21-,22-,27-,28-,31-,32-,57?,58?/m1/s1. The molecule has 9 rings (SSSR count). The van der Waals surface area contributed by atoms with Crippen LogP contribution in [0.25, 0.3) is 11.2 Å². The van der Waals surface area contributed by atoms with Gasteiger partial charge in [-0.1, -0.05) is 6.07 Å². The number of phosphoric acid groups is 2. The Hall–Kier alpha value is -4.67. The first kappa shape index (κ1) is 38.8. The number of benzene rings is 1. The number of nitrogens with one attached hydrogen (secondary N) is 1. The average molecular weight is 855 g/mol. The van der Waals surface area contributed by atoms with Gasteiger partial charge in [-0.3, -0.25) is 22.7 Å². The summed E-state index contributed by atoms with van der Waals surface area (Å²) < 4.78 is 119. The zero-order chi connectivity index (χ0) is 40.8. The largest absolute Gasteiger partial charge is 0.530 e. The second kappa shape index (κ2) is 14.0. The van der Waals surface area contributed by atoms with Gasteiger partial charge >= 0.3 is 15.6 Å². The number of fused-ring (bicyclic) bond motifs is 4. The fraction of sp³-hybridized carbons (Fsp3) is 0.531. The van der Waals surface area contributed by atoms with E-state index in [4.69, 9.17) is 57.6 Å². The van der Waals surface area contributed by atoms with Crippen molar-refractivity contribution in [1.82, 2.24) is 29.5 Å². The molecule has 26 heteroatoms. The molecule has 312 valence electrons. The van der Waals surface area contributed by atoms with Gasteiger partial charge in [0.2, 0.25) is 23.7 Å². The molecule has 4 saturated heterocycles. The van der Waals surface area contributed by atoms with E-state index in [0.29, 0.717) is 12.3 Å². The van der Waals surface area contributed by atoms with Crippen molar-refractivity contribution in [1.29, 1.82) is 0 Å². The van der Waals surface area contributed by atoms with Gasteiger partial charge in [0.05, 0.1) is 39.4 Å². The smallest absolute Gasteiger partial charge is 0.476 e. The quantitative estimate of drug-likeness (QED) is 0.190. The van der Waals surface area contributed by atoms with Crippen LogP contribution in [0.3, 0.4) is 0 Å². The predicted octanol–water partition coefficient (Wildman–Crippen LogP) is 4.05. The molecule has 5 aliphatic rings. The lowest BCUT2D eigenvalue weighted by Gasteiger charge is -2.35. The minimum Gasteiger partial charge on any atom is -0.476 e. The first-order valence-electron chi connectivity index (χ1n) is 18.1. The maximum absolute atomic E-state index is 16.7. The molecule has 0 saturated carbocycles. The summed E-state index contributed by atoms with van der Waals surface area (Å²) >= 11 is 0. The van der Waals surface area contributed by atoms with E-state index in [9.17, 15) is 9.13 Å². The molecule has 0 bridgehead atoms. The Morgan fingerprint density at radius 3 is 2.07 bits per heavy atom. The van der Waals surface area contributed by atoms with Crippen LogP contribution in [0.5, 0.6) is 23.3 Å². The molecule has 5 aliphatic heterocycles. The Labute approximate surface area is 327 Å². The maximum atomic E-state index is 16.7. The summed E-state index contributed by atoms with van der Waals surface area (Å²) in [6, 6.07) is 5.38. The number of imidazole rings is 1. The van der Waals surface area contributed by atoms with Gasteiger partial charge in [0, 0.05) is 6.07 Å². The van der Waals surface area contributed by atoms with Crippen LogP contribution in [-0.2, 0) is 36.7 Å². The van der Waals surface area contributed by atoms with E-state index in [1.54, 1.807) is 13.8 Å². The lowest BCUT2D eigenvalue weighted by molar-refractivity contribution is -0.0655. The zero-order valence-electron chi connectivity index (χ0n) is 31.2. The molecule has 4 aromatic rings. The molecule has 0 aliphatic carbocycles. The van der Waals surface area contributed by atoms with E-state index in [-0.39, 0.29) is 78.6 Å². The van der Waals surface area contributed by atoms with Gasteiger partial charge in [-0.05, 0) is 39.8 Å². The summed E-state index contributed by atoms with van der Waals surface area (Å²) in [4.78, 5) is 22.4. The third-order valence-electron chi connectivity index (χ3n) is 9.96. The SMILES string of the molecule is CCOc1nc(N)nc2c1NCN2[C@@H]1O[C@@H]2COP(=O)(Oc3cccc(OP4(=O)OCC5O[C@@H](n6cnc7c(OCC)nc(N)nc76)[C@](C)(F)[C@@H]5O4)c3)O[C@H]2[C@@]1(C)F. The van der Waals surface area contributed by atoms with Crippen LogP contribution in [0, 0.1) is 0 Å². The van der Waals surface area contributed by atoms with Gasteiger partial charge in [-0.25, -0.2) is 22.9 Å². The number of phosphoric ester groups is 2. The minimum absolute atomic E-state index is 0.0678. The lowest BCUT2D eigenvalue weighted by Crippen LogP contribution is -2.51. The van der Waals surface area contributed by atoms with Crippen molar-refractivity contribution < 1.29 is 64.0 Å². The average Bonchev–Trinajstić information content (AvgIpc) is 3.89. The highest BCUT2D eigenvalue weighted by atomic mass is 31.2. The number of rotatable bonds is 10. The summed E-state index contributed by atoms with van der Waals surface area (Å²) in [5, 5.41) is 3.08. The molecule has 0 radical (unpaired) electrons. The molecule has 3 aromatic heterocycles. The third-order valence-corrected chi connectivity index (χ3v) is 12.7. The summed E-state index contributed by atoms with van der Waals surface area (Å²) in [5.41, 5.74) is 7.95. The molecule has 0 amide bonds. The van der Waals surface area contributed by atoms with Gasteiger partial charge < -0.3 is 49.7 Å². The molecule has 4 fully saturated rings. The first-order valence-corrected chi connectivity index (χ1v) is 21.0. The van der Waals surface area contributed by atoms with Crippen LogP contribution in [-0.4, -0.2) is 105 Å². The van der Waals surface area contributed by atoms with Crippen LogP contribution < -0.4 is 40.2 Å². The van der Waals surface area contributed by atoms with Gasteiger partial charge in [-0.2, -0.15) is 19.9 Å². The number of aromatic nitrogens is 6. The van der Waals surface area contributed by atoms with Crippen molar-refractivity contribution in [2.24, 2.45) is 0 Å². The normalized spacial score (nSPS) is 35.2. The molecule has 1 aromatic carbocycles. The Bertz CT molecular complexity index is 2360. The van der Waals surface area contributed by atoms with Crippen LogP contribution >= 0.6 is 15.6 Å². The summed E-state index contributed by atoms with van der Waals surface area (Å²) in [6.07, 6.45) is -6.22. The van der Waals surface area contributed by atoms with Crippen molar-refractivity contribution in [3.8, 4) is 23.3 Å². The van der Waals surface area contributed by atoms with Gasteiger partial charge in [0.15, 0.2) is 40.8 Å². The number of halogens is 2. The van der Waals surface area contributed by atoms with Crippen molar-refractivity contribution in [2.45, 2.75) is 75.9 Å². The summed E-state index contributed by atoms with van der Waals surface area (Å²) in [7, 11) is -9.03. The monoisotopic (exact) mass is 854 g/mol. The molecule has 22 nitrogen and oxygen atoms in total. The lowest BCUT2D eigenvalue weighted by atomic mass is 9.98. The Morgan fingerprint density at radius 1 is 0.862 bits per heavy atom. The molecule has 0 spiro atoms. The predicted molar refractivity (Wildman–Crippen MR) is 196 cm³/mol. The summed E-state index contributed by atoms with van der Waals surface area (Å²) in [6.45, 7) is 5.89. The van der Waals surface area contributed by atoms with Crippen molar-refractivity contribution >= 4 is 50.2 Å². The molecular formula is C32H38F2N10O12P2. The van der Waals surface area contributed by atoms with Gasteiger partial charge in [-0.15, -0.1) is 0 Å². The summed E-state index contributed by atoms with van der Waals surface area (Å²) in [5.74, 6) is 0.0701. The number of alkyl halides is 2. The van der Waals surface area contributed by atoms with Crippen LogP contribution in [0.15, 0.2) is 30.6 Å². The second-order valence-electron chi connectivity index (χ2n) is 14.0. The Kier molecular flexibility index (Phi) is 9.35. The van der Waals surface area contributed by atoms with Crippen molar-refractivity contribution in [3.05, 3.63) is 30.6 Å². The highest BCUT2D eigenvalue weighted by Gasteiger charge is 2.64. The van der Waals surface area contributed by atoms with Crippen LogP contribution in [0.4, 0.5) is 32.2 Å². The molecule has 5 N–H and O–H groups in total. The van der Waals surface area contributed by atoms with E-state index < -0.39 is 63.9 Å². The van der Waals surface area contributed by atoms with E-state index in [0.717, 1.165) is 0 Å². The van der Waals surface area contributed by atoms with Gasteiger partial charge in [0.25, 0.3) is 0 Å². The van der Waals surface area contributed by atoms with Crippen LogP contribution in [0.1, 0.15) is 33.9 Å². The number of anilines is 4. The third kappa shape index (κ3) is 6.51. The fourth-order valence-electron chi connectivity index (χ4n) is 7.47. The Morgan fingerprint density at radius 2 is 1.43 bits per heavy atom. The fourth-order valence-corrected chi connectivity index (χ4v) is 10.4. The second-order valence-corrected chi connectivity index (χ2v) is 17.1. The zero-order valence-corrected chi connectivity index (χ0v) is 33.0. The number of nitrogens with two attached hydrogens (primary N) is 2. The number of nitrogens with zero attached hydrogens (tertiary/aromatic N) is 7. The highest BCUT2D eigenvalue weighted by Crippen LogP contribution is 2.61. The Balaban J connectivity index is 0.881. The van der Waals surface area contributed by atoms with E-state index in [1.165, 1.54) is 53.9 Å². The van der Waals surface area contributed by atoms with E-state index in [2.05, 4.69) is 30.2 Å². The van der Waals surface area contributed by atoms with E-state index >= 15 is 8.78 Å². The molecule has 58 heavy (non-hydrogen) atoms. The van der Waals surface area contributed by atoms with E-state index in [1.807, 2.05) is 0 Å². The first-order chi connectivity index (χ1) is 27.6.